The number of hydrogen-bond acceptors (Lipinski definition) is 4. The summed E-state index contributed by atoms with van der Waals surface area (Å²) in [5, 5.41) is 0. The van der Waals surface area contributed by atoms with Crippen molar-refractivity contribution in [2.45, 2.75) is 38.1 Å². The molecule has 3 rings (SSSR count). The lowest BCUT2D eigenvalue weighted by molar-refractivity contribution is -0.142. The van der Waals surface area contributed by atoms with Gasteiger partial charge in [-0.1, -0.05) is 0 Å². The highest BCUT2D eigenvalue weighted by molar-refractivity contribution is 5.77. The van der Waals surface area contributed by atoms with E-state index >= 15 is 0 Å². The molecular formula is C14H24N2O2. The van der Waals surface area contributed by atoms with E-state index in [0.717, 1.165) is 25.4 Å². The van der Waals surface area contributed by atoms with Crippen molar-refractivity contribution in [1.82, 2.24) is 9.80 Å². The number of ether oxygens (including phenoxy) is 1. The number of likely N-dealkylation sites (tertiary alicyclic amines) is 2. The molecule has 18 heavy (non-hydrogen) atoms. The Morgan fingerprint density at radius 3 is 2.39 bits per heavy atom. The van der Waals surface area contributed by atoms with Gasteiger partial charge in [0.05, 0.1) is 6.61 Å². The number of carbonyl (C=O) groups is 1. The summed E-state index contributed by atoms with van der Waals surface area (Å²) < 4.78 is 5.06. The van der Waals surface area contributed by atoms with Crippen LogP contribution in [0.25, 0.3) is 0 Å². The Kier molecular flexibility index (Phi) is 3.85. The minimum absolute atomic E-state index is 0.00740. The summed E-state index contributed by atoms with van der Waals surface area (Å²) in [6.07, 6.45) is 6.16. The third kappa shape index (κ3) is 2.69. The minimum Gasteiger partial charge on any atom is -0.464 e. The molecule has 4 heteroatoms. The van der Waals surface area contributed by atoms with E-state index in [1.807, 2.05) is 0 Å². The van der Waals surface area contributed by atoms with Crippen molar-refractivity contribution < 1.29 is 9.53 Å². The Bertz CT molecular complexity index is 294. The number of rotatable bonds is 3. The van der Waals surface area contributed by atoms with E-state index in [1.165, 1.54) is 45.3 Å². The number of esters is 1. The lowest BCUT2D eigenvalue weighted by atomic mass is 9.95. The van der Waals surface area contributed by atoms with E-state index in [4.69, 9.17) is 4.74 Å². The zero-order valence-corrected chi connectivity index (χ0v) is 11.1. The van der Waals surface area contributed by atoms with Gasteiger partial charge < -0.3 is 9.64 Å². The van der Waals surface area contributed by atoms with E-state index in [1.54, 1.807) is 0 Å². The highest BCUT2D eigenvalue weighted by atomic mass is 16.5. The molecule has 102 valence electrons. The third-order valence-electron chi connectivity index (χ3n) is 4.71. The van der Waals surface area contributed by atoms with Crippen LogP contribution in [0.5, 0.6) is 0 Å². The van der Waals surface area contributed by atoms with E-state index in [0.29, 0.717) is 6.61 Å². The van der Waals surface area contributed by atoms with Gasteiger partial charge in [-0.3, -0.25) is 9.69 Å². The van der Waals surface area contributed by atoms with Crippen LogP contribution in [0, 0.1) is 5.92 Å². The molecule has 3 aliphatic heterocycles. The Labute approximate surface area is 109 Å². The fourth-order valence-electron chi connectivity index (χ4n) is 3.59. The average molecular weight is 252 g/mol. The summed E-state index contributed by atoms with van der Waals surface area (Å²) in [7, 11) is 0. The molecule has 0 aromatic heterocycles. The predicted molar refractivity (Wildman–Crippen MR) is 69.3 cm³/mol. The molecule has 0 aromatic rings. The first-order valence-corrected chi connectivity index (χ1v) is 7.46. The van der Waals surface area contributed by atoms with E-state index in [9.17, 15) is 4.79 Å². The maximum Gasteiger partial charge on any atom is 0.323 e. The molecule has 1 atom stereocenters. The van der Waals surface area contributed by atoms with Gasteiger partial charge >= 0.3 is 5.97 Å². The summed E-state index contributed by atoms with van der Waals surface area (Å²) in [6.45, 7) is 6.67. The molecule has 4 nitrogen and oxygen atoms in total. The van der Waals surface area contributed by atoms with Crippen LogP contribution in [0.3, 0.4) is 0 Å². The zero-order chi connectivity index (χ0) is 12.4. The van der Waals surface area contributed by atoms with Gasteiger partial charge in [0.25, 0.3) is 0 Å². The first kappa shape index (κ1) is 12.4. The third-order valence-corrected chi connectivity index (χ3v) is 4.71. The maximum absolute atomic E-state index is 11.6. The van der Waals surface area contributed by atoms with Crippen molar-refractivity contribution in [3.05, 3.63) is 0 Å². The van der Waals surface area contributed by atoms with Crippen LogP contribution in [0.2, 0.25) is 0 Å². The first-order valence-electron chi connectivity index (χ1n) is 7.46. The number of hydrogen-bond donors (Lipinski definition) is 0. The Morgan fingerprint density at radius 1 is 1.06 bits per heavy atom. The van der Waals surface area contributed by atoms with E-state index < -0.39 is 0 Å². The molecule has 0 unspecified atom stereocenters. The Hall–Kier alpha value is -0.610. The van der Waals surface area contributed by atoms with Gasteiger partial charge in [-0.2, -0.15) is 0 Å². The van der Waals surface area contributed by atoms with E-state index in [2.05, 4.69) is 9.80 Å². The number of piperidine rings is 1. The highest BCUT2D eigenvalue weighted by Gasteiger charge is 2.34. The second-order valence-electron chi connectivity index (χ2n) is 5.96. The van der Waals surface area contributed by atoms with E-state index in [-0.39, 0.29) is 12.0 Å². The van der Waals surface area contributed by atoms with Gasteiger partial charge in [-0.05, 0) is 57.8 Å². The van der Waals surface area contributed by atoms with Gasteiger partial charge in [-0.25, -0.2) is 0 Å². The van der Waals surface area contributed by atoms with Crippen molar-refractivity contribution in [2.24, 2.45) is 5.92 Å². The molecule has 0 spiro atoms. The molecule has 3 saturated heterocycles. The molecule has 3 heterocycles. The minimum atomic E-state index is 0.00740. The summed E-state index contributed by atoms with van der Waals surface area (Å²) in [5.74, 6) is 0.852. The van der Waals surface area contributed by atoms with Crippen molar-refractivity contribution in [3.63, 3.8) is 0 Å². The second kappa shape index (κ2) is 5.57. The predicted octanol–water partition coefficient (Wildman–Crippen LogP) is 1.11. The molecule has 0 aliphatic carbocycles. The fraction of sp³-hybridized carbons (Fsp3) is 0.929. The van der Waals surface area contributed by atoms with Crippen LogP contribution >= 0.6 is 0 Å². The fourth-order valence-corrected chi connectivity index (χ4v) is 3.59. The highest BCUT2D eigenvalue weighted by Crippen LogP contribution is 2.24. The van der Waals surface area contributed by atoms with Crippen molar-refractivity contribution >= 4 is 5.97 Å². The zero-order valence-electron chi connectivity index (χ0n) is 11.1. The Morgan fingerprint density at radius 2 is 1.78 bits per heavy atom. The van der Waals surface area contributed by atoms with Gasteiger partial charge in [-0.15, -0.1) is 0 Å². The van der Waals surface area contributed by atoms with Crippen LogP contribution in [-0.2, 0) is 9.53 Å². The SMILES string of the molecule is O=C1OCC[C@@H]1N1CCC(CN2CCCC2)CC1. The van der Waals surface area contributed by atoms with Crippen molar-refractivity contribution in [2.75, 3.05) is 39.3 Å². The van der Waals surface area contributed by atoms with Crippen LogP contribution in [0.4, 0.5) is 0 Å². The number of carbonyl (C=O) groups excluding carboxylic acids is 1. The molecule has 0 bridgehead atoms. The molecule has 3 aliphatic rings. The van der Waals surface area contributed by atoms with Crippen LogP contribution < -0.4 is 0 Å². The number of cyclic esters (lactones) is 1. The van der Waals surface area contributed by atoms with Crippen molar-refractivity contribution in [1.29, 1.82) is 0 Å². The maximum atomic E-state index is 11.6. The monoisotopic (exact) mass is 252 g/mol. The molecule has 0 N–H and O–H groups in total. The molecule has 0 saturated carbocycles. The van der Waals surface area contributed by atoms with Gasteiger partial charge in [0.1, 0.15) is 6.04 Å². The molecule has 0 radical (unpaired) electrons. The van der Waals surface area contributed by atoms with Gasteiger partial charge in [0.15, 0.2) is 0 Å². The lowest BCUT2D eigenvalue weighted by Crippen LogP contribution is -2.45. The van der Waals surface area contributed by atoms with Crippen molar-refractivity contribution in [3.8, 4) is 0 Å². The summed E-state index contributed by atoms with van der Waals surface area (Å²) in [5.41, 5.74) is 0. The quantitative estimate of drug-likeness (QED) is 0.705. The number of nitrogens with zero attached hydrogens (tertiary/aromatic N) is 2. The lowest BCUT2D eigenvalue weighted by Gasteiger charge is -2.35. The van der Waals surface area contributed by atoms with Crippen LogP contribution in [0.1, 0.15) is 32.1 Å². The molecule has 3 fully saturated rings. The van der Waals surface area contributed by atoms with Crippen LogP contribution in [0.15, 0.2) is 0 Å². The summed E-state index contributed by atoms with van der Waals surface area (Å²) >= 11 is 0. The summed E-state index contributed by atoms with van der Waals surface area (Å²) in [4.78, 5) is 16.5. The first-order chi connectivity index (χ1) is 8.83. The van der Waals surface area contributed by atoms with Gasteiger partial charge in [0, 0.05) is 13.0 Å². The van der Waals surface area contributed by atoms with Gasteiger partial charge in [0.2, 0.25) is 0 Å². The standard InChI is InChI=1S/C14H24N2O2/c17-14-13(5-10-18-14)16-8-3-12(4-9-16)11-15-6-1-2-7-15/h12-13H,1-11H2/t13-/m0/s1. The molecule has 0 aromatic carbocycles. The molecular weight excluding hydrogens is 228 g/mol. The smallest absolute Gasteiger partial charge is 0.323 e. The topological polar surface area (TPSA) is 32.8 Å². The van der Waals surface area contributed by atoms with Crippen LogP contribution in [-0.4, -0.2) is 61.1 Å². The summed E-state index contributed by atoms with van der Waals surface area (Å²) in [6, 6.07) is 0.0673. The normalized spacial score (nSPS) is 32.0. The largest absolute Gasteiger partial charge is 0.464 e. The average Bonchev–Trinajstić information content (AvgIpc) is 3.02. The Balaban J connectivity index is 1.44. The molecule has 0 amide bonds. The second-order valence-corrected chi connectivity index (χ2v) is 5.96.